The van der Waals surface area contributed by atoms with Crippen LogP contribution in [-0.2, 0) is 0 Å². The normalized spacial score (nSPS) is 15.8. The number of H-pyrrole nitrogens is 1. The van der Waals surface area contributed by atoms with Gasteiger partial charge in [0, 0.05) is 49.3 Å². The van der Waals surface area contributed by atoms with E-state index in [-0.39, 0.29) is 18.7 Å². The number of alkyl halides is 2. The average molecular weight is 442 g/mol. The standard InChI is InChI=1S/C15H9N5O3.C6H11F2N/c21-8-9-5-10-3-4-20(14(10)17-6-9)11-1-2-12(16-7-11)13-18-15(22)23-19-13;1-9-4-2-6(7,8)3-5-9/h1-8H,(H,18,19,22);2-5H2,1H3. The number of pyridine rings is 2. The van der Waals surface area contributed by atoms with Gasteiger partial charge in [0.15, 0.2) is 6.29 Å². The van der Waals surface area contributed by atoms with Crippen LogP contribution in [0, 0.1) is 0 Å². The molecule has 4 aromatic rings. The SMILES string of the molecule is CN1CCC(F)(F)CC1.O=Cc1cnc2c(ccn2-c2ccc(-c3noc(=O)[nH]3)nc2)c1. The molecule has 1 N–H and O–H groups in total. The second kappa shape index (κ2) is 8.79. The summed E-state index contributed by atoms with van der Waals surface area (Å²) in [4.78, 5) is 34.7. The molecule has 5 heterocycles. The number of fused-ring (bicyclic) bond motifs is 1. The van der Waals surface area contributed by atoms with Crippen molar-refractivity contribution in [2.24, 2.45) is 0 Å². The predicted octanol–water partition coefficient (Wildman–Crippen LogP) is 2.92. The number of aromatic nitrogens is 5. The van der Waals surface area contributed by atoms with Crippen molar-refractivity contribution in [3.63, 3.8) is 0 Å². The summed E-state index contributed by atoms with van der Waals surface area (Å²) in [5.41, 5.74) is 2.53. The first-order valence-corrected chi connectivity index (χ1v) is 9.86. The highest BCUT2D eigenvalue weighted by molar-refractivity contribution is 5.85. The Morgan fingerprint density at radius 3 is 2.53 bits per heavy atom. The van der Waals surface area contributed by atoms with Crippen LogP contribution >= 0.6 is 0 Å². The van der Waals surface area contributed by atoms with E-state index in [2.05, 4.69) is 24.6 Å². The number of aromatic amines is 1. The molecule has 0 aliphatic carbocycles. The Bertz CT molecular complexity index is 1270. The van der Waals surface area contributed by atoms with E-state index in [4.69, 9.17) is 0 Å². The van der Waals surface area contributed by atoms with Crippen molar-refractivity contribution in [2.45, 2.75) is 18.8 Å². The summed E-state index contributed by atoms with van der Waals surface area (Å²) in [5, 5.41) is 4.45. The fourth-order valence-electron chi connectivity index (χ4n) is 3.27. The molecule has 0 spiro atoms. The highest BCUT2D eigenvalue weighted by Gasteiger charge is 2.32. The number of nitrogens with one attached hydrogen (secondary N) is 1. The van der Waals surface area contributed by atoms with E-state index in [1.807, 2.05) is 34.8 Å². The molecule has 11 heteroatoms. The molecule has 1 aliphatic rings. The van der Waals surface area contributed by atoms with Gasteiger partial charge < -0.3 is 4.90 Å². The Kier molecular flexibility index (Phi) is 5.91. The summed E-state index contributed by atoms with van der Waals surface area (Å²) in [6.45, 7) is 1.07. The third kappa shape index (κ3) is 4.78. The molecule has 32 heavy (non-hydrogen) atoms. The summed E-state index contributed by atoms with van der Waals surface area (Å²) in [5.74, 6) is -2.74. The molecule has 1 fully saturated rings. The maximum absolute atomic E-state index is 12.4. The Morgan fingerprint density at radius 1 is 1.16 bits per heavy atom. The van der Waals surface area contributed by atoms with Gasteiger partial charge in [-0.2, -0.15) is 0 Å². The smallest absolute Gasteiger partial charge is 0.306 e. The zero-order valence-corrected chi connectivity index (χ0v) is 17.2. The van der Waals surface area contributed by atoms with E-state index >= 15 is 0 Å². The van der Waals surface area contributed by atoms with Gasteiger partial charge in [0.25, 0.3) is 5.92 Å². The molecule has 0 bridgehead atoms. The molecule has 1 aliphatic heterocycles. The number of carbonyl (C=O) groups is 1. The zero-order chi connectivity index (χ0) is 22.7. The second-order valence-corrected chi connectivity index (χ2v) is 7.49. The highest BCUT2D eigenvalue weighted by atomic mass is 19.3. The Balaban J connectivity index is 0.000000230. The summed E-state index contributed by atoms with van der Waals surface area (Å²) in [6.07, 6.45) is 5.83. The van der Waals surface area contributed by atoms with Gasteiger partial charge in [-0.25, -0.2) is 18.6 Å². The van der Waals surface area contributed by atoms with E-state index in [9.17, 15) is 18.4 Å². The van der Waals surface area contributed by atoms with E-state index in [1.54, 1.807) is 18.3 Å². The largest absolute Gasteiger partial charge is 0.439 e. The summed E-state index contributed by atoms with van der Waals surface area (Å²) in [6, 6.07) is 7.19. The highest BCUT2D eigenvalue weighted by Crippen LogP contribution is 2.26. The average Bonchev–Trinajstić information content (AvgIpc) is 3.42. The maximum atomic E-state index is 12.4. The van der Waals surface area contributed by atoms with Crippen molar-refractivity contribution < 1.29 is 18.1 Å². The fourth-order valence-corrected chi connectivity index (χ4v) is 3.27. The van der Waals surface area contributed by atoms with Crippen LogP contribution in [0.4, 0.5) is 8.78 Å². The minimum absolute atomic E-state index is 0.0312. The lowest BCUT2D eigenvalue weighted by atomic mass is 10.1. The third-order valence-corrected chi connectivity index (χ3v) is 5.11. The number of likely N-dealkylation sites (tertiary alicyclic amines) is 1. The molecule has 0 amide bonds. The van der Waals surface area contributed by atoms with E-state index in [0.717, 1.165) is 23.0 Å². The number of hydrogen-bond acceptors (Lipinski definition) is 7. The van der Waals surface area contributed by atoms with Gasteiger partial charge in [0.05, 0.1) is 11.9 Å². The topological polar surface area (TPSA) is 110 Å². The van der Waals surface area contributed by atoms with Gasteiger partial charge in [-0.1, -0.05) is 5.16 Å². The minimum Gasteiger partial charge on any atom is -0.306 e. The molecule has 9 nitrogen and oxygen atoms in total. The van der Waals surface area contributed by atoms with Crippen LogP contribution in [0.3, 0.4) is 0 Å². The van der Waals surface area contributed by atoms with Gasteiger partial charge in [0.2, 0.25) is 5.82 Å². The quantitative estimate of drug-likeness (QED) is 0.486. The van der Waals surface area contributed by atoms with Crippen LogP contribution < -0.4 is 5.76 Å². The number of carbonyl (C=O) groups excluding carboxylic acids is 1. The van der Waals surface area contributed by atoms with Gasteiger partial charge in [-0.3, -0.25) is 23.9 Å². The third-order valence-electron chi connectivity index (χ3n) is 5.11. The number of hydrogen-bond donors (Lipinski definition) is 1. The van der Waals surface area contributed by atoms with Crippen LogP contribution in [0.25, 0.3) is 28.2 Å². The first-order valence-electron chi connectivity index (χ1n) is 9.86. The van der Waals surface area contributed by atoms with Crippen LogP contribution in [0.1, 0.15) is 23.2 Å². The number of nitrogens with zero attached hydrogens (tertiary/aromatic N) is 5. The molecular formula is C21H20F2N6O3. The molecule has 4 aromatic heterocycles. The summed E-state index contributed by atoms with van der Waals surface area (Å²) in [7, 11) is 1.87. The van der Waals surface area contributed by atoms with Crippen LogP contribution in [0.2, 0.25) is 0 Å². The minimum atomic E-state index is -2.38. The van der Waals surface area contributed by atoms with E-state index < -0.39 is 11.7 Å². The summed E-state index contributed by atoms with van der Waals surface area (Å²) >= 11 is 0. The van der Waals surface area contributed by atoms with E-state index in [0.29, 0.717) is 24.3 Å². The number of rotatable bonds is 3. The number of aldehydes is 1. The first kappa shape index (κ1) is 21.5. The molecule has 5 rings (SSSR count). The Morgan fingerprint density at radius 2 is 1.94 bits per heavy atom. The van der Waals surface area contributed by atoms with Crippen LogP contribution in [0.5, 0.6) is 0 Å². The van der Waals surface area contributed by atoms with Gasteiger partial charge in [0.1, 0.15) is 11.3 Å². The molecule has 0 unspecified atom stereocenters. The molecule has 0 radical (unpaired) electrons. The Labute approximate surface area is 180 Å². The van der Waals surface area contributed by atoms with Gasteiger partial charge >= 0.3 is 5.76 Å². The van der Waals surface area contributed by atoms with Crippen molar-refractivity contribution >= 4 is 17.3 Å². The molecule has 1 saturated heterocycles. The van der Waals surface area contributed by atoms with E-state index in [1.165, 1.54) is 6.20 Å². The summed E-state index contributed by atoms with van der Waals surface area (Å²) < 4.78 is 31.0. The van der Waals surface area contributed by atoms with Gasteiger partial charge in [-0.15, -0.1) is 0 Å². The Hall–Kier alpha value is -3.73. The maximum Gasteiger partial charge on any atom is 0.439 e. The van der Waals surface area contributed by atoms with Crippen molar-refractivity contribution in [3.05, 3.63) is 59.0 Å². The lowest BCUT2D eigenvalue weighted by Crippen LogP contribution is -2.36. The van der Waals surface area contributed by atoms with Crippen molar-refractivity contribution in [3.8, 4) is 17.2 Å². The number of halogens is 2. The molecule has 0 aromatic carbocycles. The lowest BCUT2D eigenvalue weighted by molar-refractivity contribution is -0.0504. The fraction of sp³-hybridized carbons (Fsp3) is 0.286. The monoisotopic (exact) mass is 442 g/mol. The molecule has 0 saturated carbocycles. The first-order chi connectivity index (χ1) is 15.3. The molecule has 0 atom stereocenters. The number of piperidine rings is 1. The second-order valence-electron chi connectivity index (χ2n) is 7.49. The van der Waals surface area contributed by atoms with Crippen molar-refractivity contribution in [1.29, 1.82) is 0 Å². The van der Waals surface area contributed by atoms with Crippen molar-refractivity contribution in [2.75, 3.05) is 20.1 Å². The molecule has 166 valence electrons. The van der Waals surface area contributed by atoms with Crippen LogP contribution in [-0.4, -0.2) is 61.9 Å². The molecular weight excluding hydrogens is 422 g/mol. The van der Waals surface area contributed by atoms with Crippen molar-refractivity contribution in [1.82, 2.24) is 29.6 Å². The van der Waals surface area contributed by atoms with Gasteiger partial charge in [-0.05, 0) is 31.3 Å². The predicted molar refractivity (Wildman–Crippen MR) is 112 cm³/mol. The van der Waals surface area contributed by atoms with Crippen LogP contribution in [0.15, 0.2) is 52.2 Å². The lowest BCUT2D eigenvalue weighted by Gasteiger charge is -2.28. The zero-order valence-electron chi connectivity index (χ0n) is 17.2.